The third kappa shape index (κ3) is 9.66. The number of hydrogen-bond acceptors (Lipinski definition) is 6. The molecular weight excluding hydrogens is 476 g/mol. The van der Waals surface area contributed by atoms with Crippen LogP contribution >= 0.6 is 0 Å². The first kappa shape index (κ1) is 31.1. The Bertz CT molecular complexity index is 1080. The Hall–Kier alpha value is -3.09. The van der Waals surface area contributed by atoms with E-state index < -0.39 is 0 Å². The average molecular weight is 521 g/mol. The topological polar surface area (TPSA) is 81.5 Å². The largest absolute Gasteiger partial charge is 0.474 e. The number of benzene rings is 1. The zero-order valence-corrected chi connectivity index (χ0v) is 23.7. The molecule has 1 saturated carbocycles. The summed E-state index contributed by atoms with van der Waals surface area (Å²) in [6.07, 6.45) is 11.6. The number of aldehydes is 1. The van der Waals surface area contributed by atoms with E-state index in [9.17, 15) is 4.79 Å². The minimum absolute atomic E-state index is 0.154. The summed E-state index contributed by atoms with van der Waals surface area (Å²) in [5, 5.41) is 8.27. The van der Waals surface area contributed by atoms with Gasteiger partial charge in [-0.3, -0.25) is 4.98 Å². The van der Waals surface area contributed by atoms with Crippen molar-refractivity contribution in [2.45, 2.75) is 78.7 Å². The Kier molecular flexibility index (Phi) is 14.3. The second-order valence-corrected chi connectivity index (χ2v) is 9.35. The summed E-state index contributed by atoms with van der Waals surface area (Å²) in [7, 11) is 0. The highest BCUT2D eigenvalue weighted by molar-refractivity contribution is 5.75. The quantitative estimate of drug-likeness (QED) is 0.213. The van der Waals surface area contributed by atoms with E-state index in [-0.39, 0.29) is 6.61 Å². The first-order valence-corrected chi connectivity index (χ1v) is 13.8. The fraction of sp³-hybridized carbons (Fsp3) is 0.469. The molecule has 0 saturated heterocycles. The molecule has 1 aromatic carbocycles. The van der Waals surface area contributed by atoms with Gasteiger partial charge < -0.3 is 19.4 Å². The highest BCUT2D eigenvalue weighted by Gasteiger charge is 2.19. The van der Waals surface area contributed by atoms with Crippen LogP contribution in [0, 0.1) is 6.92 Å². The lowest BCUT2D eigenvalue weighted by atomic mass is 9.91. The van der Waals surface area contributed by atoms with Crippen molar-refractivity contribution >= 4 is 6.29 Å². The number of hydrogen-bond donors (Lipinski definition) is 1. The summed E-state index contributed by atoms with van der Waals surface area (Å²) < 4.78 is 10.8. The normalized spacial score (nSPS) is 12.5. The van der Waals surface area contributed by atoms with Crippen LogP contribution in [0.1, 0.15) is 76.8 Å². The molecular formula is C32H44N2O4. The molecule has 3 aromatic rings. The van der Waals surface area contributed by atoms with Crippen molar-refractivity contribution in [2.24, 2.45) is 0 Å². The Morgan fingerprint density at radius 2 is 1.79 bits per heavy atom. The Morgan fingerprint density at radius 3 is 2.37 bits per heavy atom. The van der Waals surface area contributed by atoms with E-state index in [1.54, 1.807) is 0 Å². The summed E-state index contributed by atoms with van der Waals surface area (Å²) in [4.78, 5) is 18.5. The van der Waals surface area contributed by atoms with Crippen molar-refractivity contribution in [3.63, 3.8) is 0 Å². The fourth-order valence-corrected chi connectivity index (χ4v) is 3.96. The number of carbonyl (C=O) groups excluding carboxylic acids is 1. The number of aliphatic hydroxyl groups is 1. The van der Waals surface area contributed by atoms with E-state index in [1.165, 1.54) is 34.2 Å². The Morgan fingerprint density at radius 1 is 1.03 bits per heavy atom. The summed E-state index contributed by atoms with van der Waals surface area (Å²) in [5.41, 5.74) is 7.33. The lowest BCUT2D eigenvalue weighted by molar-refractivity contribution is -0.108. The van der Waals surface area contributed by atoms with Crippen molar-refractivity contribution in [1.82, 2.24) is 9.97 Å². The first-order chi connectivity index (χ1) is 18.5. The maximum Gasteiger partial charge on any atom is 0.213 e. The van der Waals surface area contributed by atoms with Crippen LogP contribution < -0.4 is 4.74 Å². The molecule has 0 aliphatic heterocycles. The van der Waals surface area contributed by atoms with Gasteiger partial charge in [0.05, 0.1) is 6.61 Å². The maximum atomic E-state index is 9.71. The number of carbonyl (C=O) groups is 1. The summed E-state index contributed by atoms with van der Waals surface area (Å²) in [6, 6.07) is 12.8. The zero-order valence-electron chi connectivity index (χ0n) is 23.7. The molecule has 6 nitrogen and oxygen atoms in total. The highest BCUT2D eigenvalue weighted by Crippen LogP contribution is 2.33. The number of aliphatic hydroxyl groups excluding tert-OH is 1. The number of aromatic nitrogens is 2. The molecule has 0 radical (unpaired) electrons. The van der Waals surface area contributed by atoms with Gasteiger partial charge in [-0.05, 0) is 72.9 Å². The second-order valence-electron chi connectivity index (χ2n) is 9.35. The van der Waals surface area contributed by atoms with E-state index in [0.717, 1.165) is 30.6 Å². The first-order valence-electron chi connectivity index (χ1n) is 13.8. The van der Waals surface area contributed by atoms with Gasteiger partial charge in [-0.15, -0.1) is 0 Å². The number of aryl methyl sites for hydroxylation is 1. The third-order valence-electron chi connectivity index (χ3n) is 6.23. The maximum absolute atomic E-state index is 9.71. The van der Waals surface area contributed by atoms with Crippen LogP contribution in [0.15, 0.2) is 55.0 Å². The van der Waals surface area contributed by atoms with Crippen LogP contribution in [-0.2, 0) is 9.53 Å². The van der Waals surface area contributed by atoms with Crippen LogP contribution in [0.4, 0.5) is 0 Å². The second kappa shape index (κ2) is 17.4. The molecule has 2 heterocycles. The zero-order chi connectivity index (χ0) is 27.8. The van der Waals surface area contributed by atoms with Crippen LogP contribution in [0.25, 0.3) is 22.3 Å². The highest BCUT2D eigenvalue weighted by atomic mass is 16.5. The van der Waals surface area contributed by atoms with Crippen LogP contribution in [0.5, 0.6) is 5.88 Å². The van der Waals surface area contributed by atoms with Crippen molar-refractivity contribution < 1.29 is 19.4 Å². The SMILES string of the molecule is CC.Cc1cc(-c2ccc(OC3CCC3)nc2)ccc1-c1cnccc1C(C)C.O=CCCOCCCO. The molecule has 4 rings (SSSR count). The van der Waals surface area contributed by atoms with Crippen LogP contribution in [0.3, 0.4) is 0 Å². The number of pyridine rings is 2. The molecule has 2 aromatic heterocycles. The van der Waals surface area contributed by atoms with Gasteiger partial charge in [0.2, 0.25) is 5.88 Å². The minimum atomic E-state index is 0.154. The van der Waals surface area contributed by atoms with Crippen LogP contribution in [0.2, 0.25) is 0 Å². The van der Waals surface area contributed by atoms with E-state index in [0.29, 0.717) is 38.1 Å². The Balaban J connectivity index is 0.000000394. The smallest absolute Gasteiger partial charge is 0.213 e. The predicted molar refractivity (Wildman–Crippen MR) is 155 cm³/mol. The van der Waals surface area contributed by atoms with Crippen molar-refractivity contribution in [1.29, 1.82) is 0 Å². The minimum Gasteiger partial charge on any atom is -0.474 e. The van der Waals surface area contributed by atoms with Gasteiger partial charge >= 0.3 is 0 Å². The van der Waals surface area contributed by atoms with E-state index in [2.05, 4.69) is 61.1 Å². The molecule has 1 N–H and O–H groups in total. The molecule has 6 heteroatoms. The lowest BCUT2D eigenvalue weighted by Crippen LogP contribution is -2.24. The van der Waals surface area contributed by atoms with E-state index in [4.69, 9.17) is 14.6 Å². The van der Waals surface area contributed by atoms with Gasteiger partial charge in [-0.2, -0.15) is 0 Å². The van der Waals surface area contributed by atoms with Gasteiger partial charge in [-0.25, -0.2) is 4.98 Å². The van der Waals surface area contributed by atoms with Gasteiger partial charge in [0.25, 0.3) is 0 Å². The molecule has 0 amide bonds. The van der Waals surface area contributed by atoms with Crippen molar-refractivity contribution in [3.8, 4) is 28.1 Å². The fourth-order valence-electron chi connectivity index (χ4n) is 3.96. The molecule has 1 aliphatic carbocycles. The van der Waals surface area contributed by atoms with Gasteiger partial charge in [0.15, 0.2) is 0 Å². The van der Waals surface area contributed by atoms with Gasteiger partial charge in [0, 0.05) is 55.4 Å². The summed E-state index contributed by atoms with van der Waals surface area (Å²) in [5.74, 6) is 1.20. The van der Waals surface area contributed by atoms with Gasteiger partial charge in [-0.1, -0.05) is 45.9 Å². The average Bonchev–Trinajstić information content (AvgIpc) is 2.92. The predicted octanol–water partition coefficient (Wildman–Crippen LogP) is 7.17. The molecule has 0 spiro atoms. The monoisotopic (exact) mass is 520 g/mol. The number of ether oxygens (including phenoxy) is 2. The third-order valence-corrected chi connectivity index (χ3v) is 6.23. The molecule has 38 heavy (non-hydrogen) atoms. The molecule has 1 aliphatic rings. The standard InChI is InChI=1S/C24H26N2O.C6H12O3.C2H6/c1-16(2)21-11-12-25-15-23(21)22-9-7-18(13-17(22)3)19-8-10-24(26-14-19)27-20-5-4-6-20;7-3-1-5-9-6-2-4-8;1-2/h7-16,20H,4-6H2,1-3H3;3,8H,1-2,4-6H2;1-2H3. The molecule has 0 bridgehead atoms. The van der Waals surface area contributed by atoms with Crippen LogP contribution in [-0.4, -0.2) is 47.3 Å². The van der Waals surface area contributed by atoms with Crippen molar-refractivity contribution in [3.05, 3.63) is 66.1 Å². The molecule has 0 atom stereocenters. The lowest BCUT2D eigenvalue weighted by Gasteiger charge is -2.25. The number of nitrogens with zero attached hydrogens (tertiary/aromatic N) is 2. The van der Waals surface area contributed by atoms with E-state index >= 15 is 0 Å². The van der Waals surface area contributed by atoms with E-state index in [1.807, 2.05) is 38.5 Å². The van der Waals surface area contributed by atoms with Gasteiger partial charge in [0.1, 0.15) is 12.4 Å². The molecule has 206 valence electrons. The number of rotatable bonds is 11. The Labute approximate surface area is 228 Å². The molecule has 1 fully saturated rings. The molecule has 0 unspecified atom stereocenters. The summed E-state index contributed by atoms with van der Waals surface area (Å²) in [6.45, 7) is 11.8. The van der Waals surface area contributed by atoms with Crippen molar-refractivity contribution in [2.75, 3.05) is 19.8 Å². The summed E-state index contributed by atoms with van der Waals surface area (Å²) >= 11 is 0.